The summed E-state index contributed by atoms with van der Waals surface area (Å²) in [6.07, 6.45) is 0. The molecule has 0 radical (unpaired) electrons. The van der Waals surface area contributed by atoms with Crippen LogP contribution < -0.4 is 10.1 Å². The highest BCUT2D eigenvalue weighted by Crippen LogP contribution is 2.21. The van der Waals surface area contributed by atoms with Crippen LogP contribution >= 0.6 is 0 Å². The normalized spacial score (nSPS) is 15.3. The molecule has 1 aromatic rings. The Labute approximate surface area is 166 Å². The highest BCUT2D eigenvalue weighted by molar-refractivity contribution is 5.85. The van der Waals surface area contributed by atoms with Gasteiger partial charge in [-0.05, 0) is 32.0 Å². The number of ether oxygens (including phenoxy) is 1. The number of nitrogens with one attached hydrogen (secondary N) is 1. The van der Waals surface area contributed by atoms with Gasteiger partial charge in [-0.15, -0.1) is 0 Å². The lowest BCUT2D eigenvalue weighted by Crippen LogP contribution is -2.50. The van der Waals surface area contributed by atoms with Gasteiger partial charge in [0.2, 0.25) is 11.8 Å². The zero-order valence-electron chi connectivity index (χ0n) is 17.0. The quantitative estimate of drug-likeness (QED) is 0.675. The third-order valence-corrected chi connectivity index (χ3v) is 4.90. The van der Waals surface area contributed by atoms with Crippen molar-refractivity contribution in [3.63, 3.8) is 0 Å². The highest BCUT2D eigenvalue weighted by Gasteiger charge is 2.23. The number of hydrogen-bond acceptors (Lipinski definition) is 5. The van der Waals surface area contributed by atoms with E-state index in [4.69, 9.17) is 4.74 Å². The highest BCUT2D eigenvalue weighted by atomic mass is 19.1. The molecule has 1 heterocycles. The number of amides is 2. The van der Waals surface area contributed by atoms with Crippen LogP contribution in [0.5, 0.6) is 5.75 Å². The summed E-state index contributed by atoms with van der Waals surface area (Å²) in [5, 5.41) is 2.72. The lowest BCUT2D eigenvalue weighted by molar-refractivity contribution is -0.137. The van der Waals surface area contributed by atoms with E-state index in [9.17, 15) is 14.0 Å². The summed E-state index contributed by atoms with van der Waals surface area (Å²) in [7, 11) is 1.58. The van der Waals surface area contributed by atoms with E-state index in [1.807, 2.05) is 13.8 Å². The predicted octanol–water partition coefficient (Wildman–Crippen LogP) is 0.937. The molecule has 7 nitrogen and oxygen atoms in total. The van der Waals surface area contributed by atoms with Crippen molar-refractivity contribution in [2.75, 3.05) is 59.5 Å². The maximum Gasteiger partial charge on any atom is 0.239 e. The second-order valence-electron chi connectivity index (χ2n) is 6.87. The Morgan fingerprint density at radius 2 is 1.86 bits per heavy atom. The fraction of sp³-hybridized carbons (Fsp3) is 0.600. The van der Waals surface area contributed by atoms with Crippen LogP contribution in [0.4, 0.5) is 4.39 Å². The molecule has 1 fully saturated rings. The second-order valence-corrected chi connectivity index (χ2v) is 6.87. The molecule has 0 bridgehead atoms. The number of likely N-dealkylation sites (N-methyl/N-ethyl adjacent to an activating group) is 2. The molecule has 156 valence electrons. The van der Waals surface area contributed by atoms with E-state index in [-0.39, 0.29) is 24.2 Å². The van der Waals surface area contributed by atoms with Gasteiger partial charge in [0, 0.05) is 51.4 Å². The van der Waals surface area contributed by atoms with Crippen molar-refractivity contribution >= 4 is 11.8 Å². The fourth-order valence-electron chi connectivity index (χ4n) is 3.31. The van der Waals surface area contributed by atoms with Crippen molar-refractivity contribution in [2.45, 2.75) is 20.4 Å². The Morgan fingerprint density at radius 1 is 1.18 bits per heavy atom. The van der Waals surface area contributed by atoms with Gasteiger partial charge in [-0.2, -0.15) is 0 Å². The van der Waals surface area contributed by atoms with Crippen molar-refractivity contribution in [3.05, 3.63) is 29.6 Å². The van der Waals surface area contributed by atoms with E-state index in [0.717, 1.165) is 31.7 Å². The molecule has 0 spiro atoms. The number of methoxy groups -OCH3 is 1. The zero-order valence-corrected chi connectivity index (χ0v) is 17.0. The maximum atomic E-state index is 13.5. The number of halogens is 1. The van der Waals surface area contributed by atoms with Gasteiger partial charge in [0.15, 0.2) is 0 Å². The number of hydrogen-bond donors (Lipinski definition) is 1. The first-order valence-corrected chi connectivity index (χ1v) is 9.78. The first-order chi connectivity index (χ1) is 13.5. The third kappa shape index (κ3) is 6.45. The first kappa shape index (κ1) is 22.1. The van der Waals surface area contributed by atoms with Crippen molar-refractivity contribution in [3.8, 4) is 5.75 Å². The molecule has 0 atom stereocenters. The molecule has 1 aromatic carbocycles. The SMILES string of the molecule is CCNC(=O)CN(CC)C(=O)CN1CCN(Cc2cc(F)ccc2OC)CC1. The summed E-state index contributed by atoms with van der Waals surface area (Å²) in [6, 6.07) is 4.55. The molecule has 0 aromatic heterocycles. The van der Waals surface area contributed by atoms with E-state index >= 15 is 0 Å². The van der Waals surface area contributed by atoms with Gasteiger partial charge >= 0.3 is 0 Å². The molecule has 0 unspecified atom stereocenters. The minimum Gasteiger partial charge on any atom is -0.496 e. The molecule has 2 rings (SSSR count). The standard InChI is InChI=1S/C20H31FN4O3/c1-4-22-19(26)14-25(5-2)20(27)15-24-10-8-23(9-11-24)13-16-12-17(21)6-7-18(16)28-3/h6-7,12H,4-5,8-11,13-15H2,1-3H3,(H,22,26). The van der Waals surface area contributed by atoms with Crippen LogP contribution in [0.2, 0.25) is 0 Å². The molecular formula is C20H31FN4O3. The van der Waals surface area contributed by atoms with E-state index in [1.54, 1.807) is 18.1 Å². The molecular weight excluding hydrogens is 363 g/mol. The maximum absolute atomic E-state index is 13.5. The molecule has 1 aliphatic rings. The van der Waals surface area contributed by atoms with Crippen molar-refractivity contribution in [1.82, 2.24) is 20.0 Å². The third-order valence-electron chi connectivity index (χ3n) is 4.90. The van der Waals surface area contributed by atoms with Crippen LogP contribution in [-0.2, 0) is 16.1 Å². The summed E-state index contributed by atoms with van der Waals surface area (Å²) in [4.78, 5) is 30.2. The molecule has 8 heteroatoms. The van der Waals surface area contributed by atoms with Gasteiger partial charge < -0.3 is 15.0 Å². The molecule has 0 aliphatic carbocycles. The van der Waals surface area contributed by atoms with Crippen LogP contribution in [0.25, 0.3) is 0 Å². The Balaban J connectivity index is 1.82. The van der Waals surface area contributed by atoms with E-state index in [1.165, 1.54) is 12.1 Å². The van der Waals surface area contributed by atoms with Crippen LogP contribution in [0.3, 0.4) is 0 Å². The molecule has 1 aliphatic heterocycles. The Bertz CT molecular complexity index is 663. The average Bonchev–Trinajstić information content (AvgIpc) is 2.68. The molecule has 1 saturated heterocycles. The number of piperazine rings is 1. The number of rotatable bonds is 9. The monoisotopic (exact) mass is 394 g/mol. The largest absolute Gasteiger partial charge is 0.496 e. The Kier molecular flexibility index (Phi) is 8.66. The Morgan fingerprint density at radius 3 is 2.46 bits per heavy atom. The van der Waals surface area contributed by atoms with Crippen LogP contribution in [-0.4, -0.2) is 86.0 Å². The second kappa shape index (κ2) is 11.0. The predicted molar refractivity (Wildman–Crippen MR) is 106 cm³/mol. The van der Waals surface area contributed by atoms with E-state index < -0.39 is 0 Å². The lowest BCUT2D eigenvalue weighted by Gasteiger charge is -2.35. The number of nitrogens with zero attached hydrogens (tertiary/aromatic N) is 3. The van der Waals surface area contributed by atoms with E-state index in [2.05, 4.69) is 15.1 Å². The van der Waals surface area contributed by atoms with Gasteiger partial charge in [-0.3, -0.25) is 19.4 Å². The number of benzene rings is 1. The van der Waals surface area contributed by atoms with Gasteiger partial charge in [0.05, 0.1) is 20.2 Å². The topological polar surface area (TPSA) is 65.1 Å². The summed E-state index contributed by atoms with van der Waals surface area (Å²) in [5.41, 5.74) is 0.825. The molecule has 28 heavy (non-hydrogen) atoms. The summed E-state index contributed by atoms with van der Waals surface area (Å²) in [6.45, 7) is 8.90. The Hall–Kier alpha value is -2.19. The van der Waals surface area contributed by atoms with Gasteiger partial charge in [0.1, 0.15) is 11.6 Å². The number of carbonyl (C=O) groups excluding carboxylic acids is 2. The van der Waals surface area contributed by atoms with Crippen LogP contribution in [0.15, 0.2) is 18.2 Å². The van der Waals surface area contributed by atoms with Gasteiger partial charge in [0.25, 0.3) is 0 Å². The van der Waals surface area contributed by atoms with Crippen molar-refractivity contribution < 1.29 is 18.7 Å². The lowest BCUT2D eigenvalue weighted by atomic mass is 10.1. The van der Waals surface area contributed by atoms with Gasteiger partial charge in [-0.1, -0.05) is 0 Å². The summed E-state index contributed by atoms with van der Waals surface area (Å²) >= 11 is 0. The van der Waals surface area contributed by atoms with Gasteiger partial charge in [-0.25, -0.2) is 4.39 Å². The molecule has 0 saturated carbocycles. The minimum atomic E-state index is -0.271. The van der Waals surface area contributed by atoms with Crippen molar-refractivity contribution in [2.24, 2.45) is 0 Å². The van der Waals surface area contributed by atoms with Crippen LogP contribution in [0.1, 0.15) is 19.4 Å². The zero-order chi connectivity index (χ0) is 20.5. The summed E-state index contributed by atoms with van der Waals surface area (Å²) < 4.78 is 18.9. The van der Waals surface area contributed by atoms with Crippen LogP contribution in [0, 0.1) is 5.82 Å². The van der Waals surface area contributed by atoms with Crippen molar-refractivity contribution in [1.29, 1.82) is 0 Å². The smallest absolute Gasteiger partial charge is 0.239 e. The van der Waals surface area contributed by atoms with E-state index in [0.29, 0.717) is 31.9 Å². The molecule has 1 N–H and O–H groups in total. The molecule has 2 amide bonds. The first-order valence-electron chi connectivity index (χ1n) is 9.78. The average molecular weight is 394 g/mol. The summed E-state index contributed by atoms with van der Waals surface area (Å²) in [5.74, 6) is 0.246. The minimum absolute atomic E-state index is 0.0333. The fourth-order valence-corrected chi connectivity index (χ4v) is 3.31. The number of carbonyl (C=O) groups is 2.